The minimum absolute atomic E-state index is 0.0493. The van der Waals surface area contributed by atoms with Crippen molar-refractivity contribution < 1.29 is 9.53 Å². The van der Waals surface area contributed by atoms with E-state index in [2.05, 4.69) is 10.2 Å². The molecule has 3 rings (SSSR count). The summed E-state index contributed by atoms with van der Waals surface area (Å²) in [5.74, 6) is 1.53. The molecule has 2 aromatic carbocycles. The normalized spacial score (nSPS) is 11.9. The quantitative estimate of drug-likeness (QED) is 0.512. The van der Waals surface area contributed by atoms with Gasteiger partial charge >= 0.3 is 0 Å². The lowest BCUT2D eigenvalue weighted by atomic mass is 10.2. The molecule has 29 heavy (non-hydrogen) atoms. The van der Waals surface area contributed by atoms with Crippen LogP contribution in [-0.4, -0.2) is 39.6 Å². The van der Waals surface area contributed by atoms with Gasteiger partial charge in [-0.15, -0.1) is 10.2 Å². The minimum atomic E-state index is -0.296. The molecule has 0 N–H and O–H groups in total. The highest BCUT2D eigenvalue weighted by molar-refractivity contribution is 8.00. The van der Waals surface area contributed by atoms with E-state index in [1.165, 1.54) is 11.8 Å². The van der Waals surface area contributed by atoms with E-state index in [0.717, 1.165) is 28.0 Å². The van der Waals surface area contributed by atoms with E-state index in [4.69, 9.17) is 4.74 Å². The van der Waals surface area contributed by atoms with Crippen LogP contribution in [0.5, 0.6) is 5.75 Å². The fourth-order valence-electron chi connectivity index (χ4n) is 3.19. The highest BCUT2D eigenvalue weighted by atomic mass is 32.2. The molecule has 0 fully saturated rings. The number of carbonyl (C=O) groups excluding carboxylic acids is 1. The van der Waals surface area contributed by atoms with Crippen molar-refractivity contribution in [2.45, 2.75) is 37.7 Å². The number of hydrogen-bond acceptors (Lipinski definition) is 5. The largest absolute Gasteiger partial charge is 0.496 e. The molecule has 3 aromatic rings. The number of hydrogen-bond donors (Lipinski definition) is 0. The van der Waals surface area contributed by atoms with Crippen LogP contribution < -0.4 is 9.64 Å². The molecule has 1 unspecified atom stereocenters. The molecule has 0 bridgehead atoms. The highest BCUT2D eigenvalue weighted by Crippen LogP contribution is 2.32. The summed E-state index contributed by atoms with van der Waals surface area (Å²) in [7, 11) is 1.64. The number of carbonyl (C=O) groups is 1. The van der Waals surface area contributed by atoms with Gasteiger partial charge in [-0.3, -0.25) is 4.79 Å². The molecule has 0 aliphatic heterocycles. The second-order valence-corrected chi connectivity index (χ2v) is 7.74. The number of rotatable bonds is 8. The van der Waals surface area contributed by atoms with Crippen molar-refractivity contribution in [1.29, 1.82) is 0 Å². The van der Waals surface area contributed by atoms with E-state index in [-0.39, 0.29) is 11.2 Å². The summed E-state index contributed by atoms with van der Waals surface area (Å²) in [6.07, 6.45) is 0. The van der Waals surface area contributed by atoms with Crippen LogP contribution in [0.25, 0.3) is 11.4 Å². The van der Waals surface area contributed by atoms with Crippen LogP contribution in [0.1, 0.15) is 20.8 Å². The number of nitrogens with zero attached hydrogens (tertiary/aromatic N) is 4. The molecule has 0 saturated carbocycles. The average Bonchev–Trinajstić information content (AvgIpc) is 3.17. The first-order chi connectivity index (χ1) is 14.1. The lowest BCUT2D eigenvalue weighted by molar-refractivity contribution is -0.117. The van der Waals surface area contributed by atoms with Crippen LogP contribution in [0, 0.1) is 0 Å². The molecule has 1 amide bonds. The molecule has 1 atom stereocenters. The van der Waals surface area contributed by atoms with Crippen molar-refractivity contribution in [3.8, 4) is 17.1 Å². The zero-order valence-electron chi connectivity index (χ0n) is 17.2. The van der Waals surface area contributed by atoms with Gasteiger partial charge < -0.3 is 14.2 Å². The summed E-state index contributed by atoms with van der Waals surface area (Å²) in [5, 5.41) is 9.18. The number of methoxy groups -OCH3 is 1. The predicted octanol–water partition coefficient (Wildman–Crippen LogP) is 4.51. The lowest BCUT2D eigenvalue weighted by Crippen LogP contribution is -2.36. The van der Waals surface area contributed by atoms with Gasteiger partial charge in [0.25, 0.3) is 0 Å². The maximum atomic E-state index is 13.1. The lowest BCUT2D eigenvalue weighted by Gasteiger charge is -2.24. The van der Waals surface area contributed by atoms with Crippen LogP contribution in [-0.2, 0) is 11.3 Å². The van der Waals surface area contributed by atoms with E-state index in [0.29, 0.717) is 13.1 Å². The average molecular weight is 411 g/mol. The Bertz CT molecular complexity index is 958. The molecule has 152 valence electrons. The van der Waals surface area contributed by atoms with E-state index < -0.39 is 0 Å². The maximum Gasteiger partial charge on any atom is 0.240 e. The molecule has 7 heteroatoms. The van der Waals surface area contributed by atoms with E-state index in [1.54, 1.807) is 12.0 Å². The van der Waals surface area contributed by atoms with Gasteiger partial charge in [0.2, 0.25) is 5.91 Å². The van der Waals surface area contributed by atoms with Gasteiger partial charge in [0.05, 0.1) is 17.9 Å². The Morgan fingerprint density at radius 2 is 1.79 bits per heavy atom. The van der Waals surface area contributed by atoms with Crippen LogP contribution in [0.2, 0.25) is 0 Å². The summed E-state index contributed by atoms with van der Waals surface area (Å²) in [5.41, 5.74) is 1.79. The number of ether oxygens (including phenoxy) is 1. The minimum Gasteiger partial charge on any atom is -0.496 e. The zero-order valence-corrected chi connectivity index (χ0v) is 18.0. The number of benzene rings is 2. The van der Waals surface area contributed by atoms with Gasteiger partial charge in [0.15, 0.2) is 11.0 Å². The molecule has 1 aromatic heterocycles. The molecule has 0 saturated heterocycles. The Hall–Kier alpha value is -2.80. The third kappa shape index (κ3) is 4.45. The smallest absolute Gasteiger partial charge is 0.240 e. The summed E-state index contributed by atoms with van der Waals surface area (Å²) in [6.45, 7) is 7.24. The first-order valence-electron chi connectivity index (χ1n) is 9.70. The molecule has 0 aliphatic rings. The summed E-state index contributed by atoms with van der Waals surface area (Å²) in [4.78, 5) is 14.9. The van der Waals surface area contributed by atoms with Gasteiger partial charge in [-0.25, -0.2) is 0 Å². The van der Waals surface area contributed by atoms with E-state index >= 15 is 0 Å². The molecular formula is C22H26N4O2S. The van der Waals surface area contributed by atoms with Crippen molar-refractivity contribution >= 4 is 23.4 Å². The van der Waals surface area contributed by atoms with Crippen molar-refractivity contribution in [3.63, 3.8) is 0 Å². The monoisotopic (exact) mass is 410 g/mol. The van der Waals surface area contributed by atoms with Crippen molar-refractivity contribution in [2.24, 2.45) is 0 Å². The molecule has 0 radical (unpaired) electrons. The zero-order chi connectivity index (χ0) is 20.8. The number of para-hydroxylation sites is 2. The SMILES string of the molecule is CCN(C(=O)C(C)Sc1nnc(-c2ccccc2OC)n1CC)c1ccccc1. The molecule has 6 nitrogen and oxygen atoms in total. The molecule has 0 spiro atoms. The molecule has 1 heterocycles. The summed E-state index contributed by atoms with van der Waals surface area (Å²) < 4.78 is 7.49. The standard InChI is InChI=1S/C22H26N4O2S/c1-5-25(17-12-8-7-9-13-17)21(27)16(3)29-22-24-23-20(26(22)6-2)18-14-10-11-15-19(18)28-4/h7-16H,5-6H2,1-4H3. The van der Waals surface area contributed by atoms with E-state index in [9.17, 15) is 4.79 Å². The van der Waals surface area contributed by atoms with Crippen molar-refractivity contribution in [2.75, 3.05) is 18.6 Å². The topological polar surface area (TPSA) is 60.3 Å². The Kier molecular flexibility index (Phi) is 6.93. The Labute approximate surface area is 175 Å². The Morgan fingerprint density at radius 3 is 2.45 bits per heavy atom. The number of thioether (sulfide) groups is 1. The fraction of sp³-hybridized carbons (Fsp3) is 0.318. The summed E-state index contributed by atoms with van der Waals surface area (Å²) in [6, 6.07) is 17.5. The second-order valence-electron chi connectivity index (χ2n) is 6.43. The van der Waals surface area contributed by atoms with Crippen LogP contribution in [0.3, 0.4) is 0 Å². The summed E-state index contributed by atoms with van der Waals surface area (Å²) >= 11 is 1.43. The number of amides is 1. The number of aromatic nitrogens is 3. The van der Waals surface area contributed by atoms with Crippen LogP contribution >= 0.6 is 11.8 Å². The van der Waals surface area contributed by atoms with Crippen LogP contribution in [0.4, 0.5) is 5.69 Å². The third-order valence-corrected chi connectivity index (χ3v) is 5.73. The highest BCUT2D eigenvalue weighted by Gasteiger charge is 2.25. The van der Waals surface area contributed by atoms with E-state index in [1.807, 2.05) is 79.9 Å². The van der Waals surface area contributed by atoms with Gasteiger partial charge in [0, 0.05) is 18.8 Å². The third-order valence-electron chi connectivity index (χ3n) is 4.66. The fourth-order valence-corrected chi connectivity index (χ4v) is 4.17. The Balaban J connectivity index is 1.85. The Morgan fingerprint density at radius 1 is 1.10 bits per heavy atom. The van der Waals surface area contributed by atoms with Crippen molar-refractivity contribution in [3.05, 3.63) is 54.6 Å². The number of anilines is 1. The van der Waals surface area contributed by atoms with Gasteiger partial charge in [0.1, 0.15) is 5.75 Å². The first kappa shape index (κ1) is 20.9. The van der Waals surface area contributed by atoms with Crippen molar-refractivity contribution in [1.82, 2.24) is 14.8 Å². The second kappa shape index (κ2) is 9.60. The predicted molar refractivity (Wildman–Crippen MR) is 117 cm³/mol. The van der Waals surface area contributed by atoms with Gasteiger partial charge in [-0.1, -0.05) is 42.1 Å². The first-order valence-corrected chi connectivity index (χ1v) is 10.6. The maximum absolute atomic E-state index is 13.1. The van der Waals surface area contributed by atoms with Crippen LogP contribution in [0.15, 0.2) is 59.8 Å². The molecule has 0 aliphatic carbocycles. The van der Waals surface area contributed by atoms with Gasteiger partial charge in [-0.05, 0) is 45.0 Å². The molecular weight excluding hydrogens is 384 g/mol. The van der Waals surface area contributed by atoms with Gasteiger partial charge in [-0.2, -0.15) is 0 Å².